The van der Waals surface area contributed by atoms with Crippen LogP contribution in [-0.2, 0) is 4.74 Å². The van der Waals surface area contributed by atoms with Crippen molar-refractivity contribution in [2.24, 2.45) is 5.41 Å². The van der Waals surface area contributed by atoms with E-state index in [1.165, 1.54) is 6.42 Å². The monoisotopic (exact) mass is 367 g/mol. The molecule has 0 atom stereocenters. The number of ether oxygens (including phenoxy) is 2. The number of amides is 1. The van der Waals surface area contributed by atoms with Crippen molar-refractivity contribution >= 4 is 5.91 Å². The number of benzene rings is 1. The van der Waals surface area contributed by atoms with Crippen molar-refractivity contribution < 1.29 is 14.3 Å². The Hall–Kier alpha value is -2.47. The highest BCUT2D eigenvalue weighted by molar-refractivity contribution is 5.95. The minimum absolute atomic E-state index is 0.101. The molecule has 1 spiro atoms. The quantitative estimate of drug-likeness (QED) is 0.834. The number of carbonyl (C=O) groups is 1. The molecule has 4 rings (SSSR count). The number of likely N-dealkylation sites (tertiary alicyclic amines) is 1. The fraction of sp³-hybridized carbons (Fsp3) is 0.476. The van der Waals surface area contributed by atoms with Crippen LogP contribution in [0.2, 0.25) is 0 Å². The maximum Gasteiger partial charge on any atom is 0.253 e. The Kier molecular flexibility index (Phi) is 5.07. The van der Waals surface area contributed by atoms with E-state index in [9.17, 15) is 4.79 Å². The lowest BCUT2D eigenvalue weighted by Gasteiger charge is -2.45. The molecule has 2 aliphatic rings. The summed E-state index contributed by atoms with van der Waals surface area (Å²) in [5.41, 5.74) is 2.55. The third kappa shape index (κ3) is 3.81. The van der Waals surface area contributed by atoms with E-state index in [1.54, 1.807) is 13.2 Å². The third-order valence-corrected chi connectivity index (χ3v) is 5.76. The van der Waals surface area contributed by atoms with Gasteiger partial charge in [0.15, 0.2) is 0 Å². The molecule has 1 aromatic carbocycles. The van der Waals surface area contributed by atoms with Gasteiger partial charge in [0.2, 0.25) is 5.88 Å². The summed E-state index contributed by atoms with van der Waals surface area (Å²) in [6, 6.07) is 11.3. The minimum atomic E-state index is 0.101. The van der Waals surface area contributed by atoms with Crippen molar-refractivity contribution in [1.29, 1.82) is 0 Å². The summed E-state index contributed by atoms with van der Waals surface area (Å²) >= 11 is 0. The Morgan fingerprint density at radius 3 is 2.74 bits per heavy atom. The number of methoxy groups -OCH3 is 1. The molecule has 0 N–H and O–H groups in total. The number of hydrogen-bond donors (Lipinski definition) is 0. The first-order valence-corrected chi connectivity index (χ1v) is 9.54. The van der Waals surface area contributed by atoms with Gasteiger partial charge in [0.05, 0.1) is 12.8 Å². The minimum Gasteiger partial charge on any atom is -0.480 e. The summed E-state index contributed by atoms with van der Waals surface area (Å²) in [5, 5.41) is 8.20. The molecule has 0 unspecified atom stereocenters. The van der Waals surface area contributed by atoms with E-state index in [0.29, 0.717) is 11.4 Å². The molecule has 3 heterocycles. The van der Waals surface area contributed by atoms with Crippen LogP contribution in [0.3, 0.4) is 0 Å². The van der Waals surface area contributed by atoms with E-state index >= 15 is 0 Å². The van der Waals surface area contributed by atoms with Crippen molar-refractivity contribution in [1.82, 2.24) is 15.1 Å². The van der Waals surface area contributed by atoms with E-state index in [2.05, 4.69) is 10.2 Å². The number of rotatable bonds is 3. The molecule has 142 valence electrons. The molecular weight excluding hydrogens is 342 g/mol. The largest absolute Gasteiger partial charge is 0.480 e. The van der Waals surface area contributed by atoms with Gasteiger partial charge in [-0.05, 0) is 49.3 Å². The number of hydrogen-bond acceptors (Lipinski definition) is 5. The van der Waals surface area contributed by atoms with Gasteiger partial charge in [-0.25, -0.2) is 0 Å². The van der Waals surface area contributed by atoms with Crippen LogP contribution in [-0.4, -0.2) is 54.4 Å². The van der Waals surface area contributed by atoms with Crippen LogP contribution >= 0.6 is 0 Å². The molecule has 2 aromatic rings. The van der Waals surface area contributed by atoms with Crippen LogP contribution in [0.15, 0.2) is 36.4 Å². The van der Waals surface area contributed by atoms with Crippen molar-refractivity contribution in [3.8, 4) is 17.1 Å². The Morgan fingerprint density at radius 1 is 1.15 bits per heavy atom. The zero-order chi connectivity index (χ0) is 18.7. The summed E-state index contributed by atoms with van der Waals surface area (Å²) in [6.07, 6.45) is 4.37. The first-order valence-electron chi connectivity index (χ1n) is 9.54. The van der Waals surface area contributed by atoms with Crippen LogP contribution < -0.4 is 4.74 Å². The summed E-state index contributed by atoms with van der Waals surface area (Å²) in [6.45, 7) is 3.29. The van der Waals surface area contributed by atoms with Crippen LogP contribution in [0, 0.1) is 5.41 Å². The second kappa shape index (κ2) is 7.64. The molecule has 0 saturated carbocycles. The van der Waals surface area contributed by atoms with E-state index in [4.69, 9.17) is 9.47 Å². The van der Waals surface area contributed by atoms with E-state index in [1.807, 2.05) is 35.2 Å². The Morgan fingerprint density at radius 2 is 2.00 bits per heavy atom. The zero-order valence-electron chi connectivity index (χ0n) is 15.7. The second-order valence-electron chi connectivity index (χ2n) is 7.48. The summed E-state index contributed by atoms with van der Waals surface area (Å²) in [5.74, 6) is 0.574. The predicted octanol–water partition coefficient (Wildman–Crippen LogP) is 3.19. The van der Waals surface area contributed by atoms with Gasteiger partial charge in [-0.15, -0.1) is 10.2 Å². The molecule has 0 bridgehead atoms. The summed E-state index contributed by atoms with van der Waals surface area (Å²) in [7, 11) is 1.56. The molecule has 6 heteroatoms. The van der Waals surface area contributed by atoms with Gasteiger partial charge in [-0.1, -0.05) is 12.1 Å². The average Bonchev–Trinajstić information content (AvgIpc) is 2.74. The van der Waals surface area contributed by atoms with Gasteiger partial charge in [0.1, 0.15) is 0 Å². The number of nitrogens with zero attached hydrogens (tertiary/aromatic N) is 3. The average molecular weight is 367 g/mol. The first kappa shape index (κ1) is 17.9. The number of piperidine rings is 1. The smallest absolute Gasteiger partial charge is 0.253 e. The van der Waals surface area contributed by atoms with E-state index < -0.39 is 0 Å². The standard InChI is InChI=1S/C21H25N3O3/c1-26-19-7-6-18(22-23-19)16-4-2-5-17(14-16)20(25)24-11-3-8-21(15-24)9-12-27-13-10-21/h2,4-7,14H,3,8-13,15H2,1H3. The Labute approximate surface area is 159 Å². The van der Waals surface area contributed by atoms with Crippen molar-refractivity contribution in [3.63, 3.8) is 0 Å². The Bertz CT molecular complexity index is 795. The number of carbonyl (C=O) groups excluding carboxylic acids is 1. The second-order valence-corrected chi connectivity index (χ2v) is 7.48. The first-order chi connectivity index (χ1) is 13.2. The third-order valence-electron chi connectivity index (χ3n) is 5.76. The normalized spacial score (nSPS) is 19.1. The molecular formula is C21H25N3O3. The highest BCUT2D eigenvalue weighted by Gasteiger charge is 2.38. The molecule has 27 heavy (non-hydrogen) atoms. The lowest BCUT2D eigenvalue weighted by Crippen LogP contribution is -2.48. The molecule has 2 saturated heterocycles. The van der Waals surface area contributed by atoms with Gasteiger partial charge in [-0.2, -0.15) is 0 Å². The highest BCUT2D eigenvalue weighted by Crippen LogP contribution is 2.39. The maximum absolute atomic E-state index is 13.1. The zero-order valence-corrected chi connectivity index (χ0v) is 15.7. The molecule has 1 aromatic heterocycles. The fourth-order valence-electron chi connectivity index (χ4n) is 4.17. The van der Waals surface area contributed by atoms with Gasteiger partial charge < -0.3 is 14.4 Å². The Balaban J connectivity index is 1.53. The van der Waals surface area contributed by atoms with E-state index in [-0.39, 0.29) is 11.3 Å². The molecule has 2 fully saturated rings. The summed E-state index contributed by atoms with van der Waals surface area (Å²) in [4.78, 5) is 15.2. The van der Waals surface area contributed by atoms with Crippen molar-refractivity contribution in [3.05, 3.63) is 42.0 Å². The SMILES string of the molecule is COc1ccc(-c2cccc(C(=O)N3CCCC4(CCOCC4)C3)c2)nn1. The number of aromatic nitrogens is 2. The molecule has 0 radical (unpaired) electrons. The van der Waals surface area contributed by atoms with Gasteiger partial charge in [-0.3, -0.25) is 4.79 Å². The molecule has 6 nitrogen and oxygen atoms in total. The maximum atomic E-state index is 13.1. The van der Waals surface area contributed by atoms with Crippen LogP contribution in [0.25, 0.3) is 11.3 Å². The van der Waals surface area contributed by atoms with Crippen molar-refractivity contribution in [2.45, 2.75) is 25.7 Å². The van der Waals surface area contributed by atoms with Crippen LogP contribution in [0.1, 0.15) is 36.0 Å². The highest BCUT2D eigenvalue weighted by atomic mass is 16.5. The van der Waals surface area contributed by atoms with Gasteiger partial charge in [0, 0.05) is 43.5 Å². The van der Waals surface area contributed by atoms with E-state index in [0.717, 1.165) is 56.8 Å². The van der Waals surface area contributed by atoms with Gasteiger partial charge >= 0.3 is 0 Å². The van der Waals surface area contributed by atoms with Crippen molar-refractivity contribution in [2.75, 3.05) is 33.4 Å². The predicted molar refractivity (Wildman–Crippen MR) is 102 cm³/mol. The lowest BCUT2D eigenvalue weighted by molar-refractivity contribution is -0.0229. The molecule has 2 aliphatic heterocycles. The summed E-state index contributed by atoms with van der Waals surface area (Å²) < 4.78 is 10.6. The molecule has 0 aliphatic carbocycles. The van der Waals surface area contributed by atoms with Crippen LogP contribution in [0.5, 0.6) is 5.88 Å². The topological polar surface area (TPSA) is 64.5 Å². The lowest BCUT2D eigenvalue weighted by atomic mass is 9.74. The van der Waals surface area contributed by atoms with Gasteiger partial charge in [0.25, 0.3) is 5.91 Å². The molecule has 1 amide bonds. The van der Waals surface area contributed by atoms with Crippen LogP contribution in [0.4, 0.5) is 0 Å². The fourth-order valence-corrected chi connectivity index (χ4v) is 4.17.